The maximum Gasteiger partial charge on any atom is 0.0910 e. The van der Waals surface area contributed by atoms with E-state index < -0.39 is 0 Å². The monoisotopic (exact) mass is 187 g/mol. The molecule has 0 aliphatic heterocycles. The zero-order valence-electron chi connectivity index (χ0n) is 8.63. The van der Waals surface area contributed by atoms with Crippen LogP contribution in [0.2, 0.25) is 0 Å². The number of nitrogens with one attached hydrogen (secondary N) is 1. The number of fused-ring (bicyclic) bond motifs is 1. The van der Waals surface area contributed by atoms with Crippen molar-refractivity contribution < 1.29 is 0 Å². The van der Waals surface area contributed by atoms with E-state index in [9.17, 15) is 0 Å². The number of anilines is 1. The molecule has 1 heterocycles. The van der Waals surface area contributed by atoms with Gasteiger partial charge in [0.1, 0.15) is 0 Å². The van der Waals surface area contributed by atoms with Crippen molar-refractivity contribution in [2.24, 2.45) is 0 Å². The maximum atomic E-state index is 4.42. The number of aryl methyl sites for hydroxylation is 2. The van der Waals surface area contributed by atoms with Gasteiger partial charge in [0.2, 0.25) is 0 Å². The van der Waals surface area contributed by atoms with E-state index in [1.165, 1.54) is 5.56 Å². The summed E-state index contributed by atoms with van der Waals surface area (Å²) in [5.74, 6) is 0. The Kier molecular flexibility index (Phi) is 2.08. The molecule has 14 heavy (non-hydrogen) atoms. The van der Waals surface area contributed by atoms with Gasteiger partial charge < -0.3 is 5.32 Å². The molecule has 0 unspecified atom stereocenters. The molecule has 1 aromatic heterocycles. The summed E-state index contributed by atoms with van der Waals surface area (Å²) in [4.78, 5) is 8.75. The molecule has 0 aliphatic rings. The van der Waals surface area contributed by atoms with E-state index in [1.807, 2.05) is 26.1 Å². The van der Waals surface area contributed by atoms with Crippen molar-refractivity contribution >= 4 is 16.7 Å². The molecule has 1 aromatic carbocycles. The van der Waals surface area contributed by atoms with Crippen LogP contribution in [0, 0.1) is 13.8 Å². The lowest BCUT2D eigenvalue weighted by Gasteiger charge is -2.06. The zero-order chi connectivity index (χ0) is 10.1. The highest BCUT2D eigenvalue weighted by Gasteiger charge is 2.01. The minimum atomic E-state index is 0.944. The van der Waals surface area contributed by atoms with Crippen molar-refractivity contribution in [3.05, 3.63) is 29.6 Å². The fourth-order valence-electron chi connectivity index (χ4n) is 1.53. The van der Waals surface area contributed by atoms with Gasteiger partial charge in [0.25, 0.3) is 0 Å². The third-order valence-corrected chi connectivity index (χ3v) is 2.28. The third-order valence-electron chi connectivity index (χ3n) is 2.28. The van der Waals surface area contributed by atoms with Gasteiger partial charge in [-0.1, -0.05) is 0 Å². The van der Waals surface area contributed by atoms with Crippen LogP contribution >= 0.6 is 0 Å². The van der Waals surface area contributed by atoms with Crippen LogP contribution in [0.1, 0.15) is 11.3 Å². The Labute approximate surface area is 83.2 Å². The van der Waals surface area contributed by atoms with Crippen LogP contribution in [0.4, 0.5) is 5.69 Å². The molecule has 2 rings (SSSR count). The molecule has 72 valence electrons. The molecular weight excluding hydrogens is 174 g/mol. The molecule has 1 N–H and O–H groups in total. The van der Waals surface area contributed by atoms with Gasteiger partial charge in [-0.15, -0.1) is 0 Å². The van der Waals surface area contributed by atoms with E-state index in [4.69, 9.17) is 0 Å². The van der Waals surface area contributed by atoms with Crippen molar-refractivity contribution in [3.8, 4) is 0 Å². The summed E-state index contributed by atoms with van der Waals surface area (Å²) in [6.45, 7) is 4.01. The van der Waals surface area contributed by atoms with Gasteiger partial charge in [0.05, 0.1) is 16.7 Å². The van der Waals surface area contributed by atoms with Gasteiger partial charge >= 0.3 is 0 Å². The molecule has 0 aliphatic carbocycles. The molecule has 0 saturated heterocycles. The molecular formula is C11H13N3. The van der Waals surface area contributed by atoms with Crippen molar-refractivity contribution in [3.63, 3.8) is 0 Å². The number of benzene rings is 1. The van der Waals surface area contributed by atoms with E-state index in [0.29, 0.717) is 0 Å². The molecule has 0 fully saturated rings. The lowest BCUT2D eigenvalue weighted by atomic mass is 10.1. The van der Waals surface area contributed by atoms with Crippen LogP contribution in [0.3, 0.4) is 0 Å². The molecule has 0 saturated carbocycles. The van der Waals surface area contributed by atoms with Crippen LogP contribution in [0.5, 0.6) is 0 Å². The van der Waals surface area contributed by atoms with Crippen LogP contribution < -0.4 is 5.32 Å². The highest BCUT2D eigenvalue weighted by Crippen LogP contribution is 2.20. The minimum Gasteiger partial charge on any atom is -0.388 e. The Balaban J connectivity index is 2.73. The molecule has 0 spiro atoms. The van der Waals surface area contributed by atoms with E-state index in [2.05, 4.69) is 22.2 Å². The first-order chi connectivity index (χ1) is 6.70. The lowest BCUT2D eigenvalue weighted by molar-refractivity contribution is 1.18. The Morgan fingerprint density at radius 3 is 2.64 bits per heavy atom. The normalized spacial score (nSPS) is 10.5. The van der Waals surface area contributed by atoms with Crippen LogP contribution in [-0.4, -0.2) is 17.0 Å². The van der Waals surface area contributed by atoms with Gasteiger partial charge in [-0.3, -0.25) is 4.98 Å². The van der Waals surface area contributed by atoms with Crippen LogP contribution in [-0.2, 0) is 0 Å². The van der Waals surface area contributed by atoms with E-state index >= 15 is 0 Å². The second kappa shape index (κ2) is 3.25. The first-order valence-corrected chi connectivity index (χ1v) is 4.62. The summed E-state index contributed by atoms with van der Waals surface area (Å²) < 4.78 is 0. The number of aromatic nitrogens is 2. The molecule has 0 amide bonds. The predicted molar refractivity (Wildman–Crippen MR) is 58.6 cm³/mol. The van der Waals surface area contributed by atoms with Crippen LogP contribution in [0.15, 0.2) is 18.3 Å². The second-order valence-corrected chi connectivity index (χ2v) is 3.42. The van der Waals surface area contributed by atoms with Crippen molar-refractivity contribution in [2.75, 3.05) is 12.4 Å². The summed E-state index contributed by atoms with van der Waals surface area (Å²) in [6, 6.07) is 4.08. The molecule has 0 radical (unpaired) electrons. The Morgan fingerprint density at radius 1 is 1.14 bits per heavy atom. The molecule has 2 aromatic rings. The smallest absolute Gasteiger partial charge is 0.0910 e. The van der Waals surface area contributed by atoms with Gasteiger partial charge in [-0.2, -0.15) is 0 Å². The topological polar surface area (TPSA) is 37.8 Å². The standard InChI is InChI=1S/C11H13N3/c1-7-4-10-11(5-9(7)12-3)14-8(2)6-13-10/h4-6,12H,1-3H3. The maximum absolute atomic E-state index is 4.42. The molecule has 0 atom stereocenters. The van der Waals surface area contributed by atoms with E-state index in [0.717, 1.165) is 22.4 Å². The van der Waals surface area contributed by atoms with Gasteiger partial charge in [0.15, 0.2) is 0 Å². The largest absolute Gasteiger partial charge is 0.388 e. The van der Waals surface area contributed by atoms with Gasteiger partial charge in [0, 0.05) is 18.9 Å². The third kappa shape index (κ3) is 1.41. The quantitative estimate of drug-likeness (QED) is 0.744. The average molecular weight is 187 g/mol. The van der Waals surface area contributed by atoms with Crippen molar-refractivity contribution in [2.45, 2.75) is 13.8 Å². The Hall–Kier alpha value is -1.64. The number of hydrogen-bond donors (Lipinski definition) is 1. The highest BCUT2D eigenvalue weighted by molar-refractivity contribution is 5.80. The van der Waals surface area contributed by atoms with Crippen LogP contribution in [0.25, 0.3) is 11.0 Å². The number of rotatable bonds is 1. The van der Waals surface area contributed by atoms with Gasteiger partial charge in [-0.05, 0) is 31.5 Å². The van der Waals surface area contributed by atoms with Crippen molar-refractivity contribution in [1.82, 2.24) is 9.97 Å². The first kappa shape index (κ1) is 8.94. The van der Waals surface area contributed by atoms with E-state index in [-0.39, 0.29) is 0 Å². The second-order valence-electron chi connectivity index (χ2n) is 3.42. The summed E-state index contributed by atoms with van der Waals surface area (Å²) in [5, 5.41) is 3.14. The summed E-state index contributed by atoms with van der Waals surface area (Å²) in [6.07, 6.45) is 1.79. The minimum absolute atomic E-state index is 0.944. The number of nitrogens with zero attached hydrogens (tertiary/aromatic N) is 2. The summed E-state index contributed by atoms with van der Waals surface area (Å²) in [5.41, 5.74) is 5.14. The fraction of sp³-hybridized carbons (Fsp3) is 0.273. The molecule has 3 heteroatoms. The Morgan fingerprint density at radius 2 is 1.93 bits per heavy atom. The Bertz CT molecular complexity index is 477. The summed E-state index contributed by atoms with van der Waals surface area (Å²) in [7, 11) is 1.91. The average Bonchev–Trinajstić information content (AvgIpc) is 2.17. The van der Waals surface area contributed by atoms with Crippen molar-refractivity contribution in [1.29, 1.82) is 0 Å². The predicted octanol–water partition coefficient (Wildman–Crippen LogP) is 2.29. The lowest BCUT2D eigenvalue weighted by Crippen LogP contribution is -1.94. The first-order valence-electron chi connectivity index (χ1n) is 4.62. The summed E-state index contributed by atoms with van der Waals surface area (Å²) >= 11 is 0. The SMILES string of the molecule is CNc1cc2nc(C)cnc2cc1C. The molecule has 0 bridgehead atoms. The zero-order valence-corrected chi connectivity index (χ0v) is 8.63. The van der Waals surface area contributed by atoms with Gasteiger partial charge in [-0.25, -0.2) is 4.98 Å². The fourth-order valence-corrected chi connectivity index (χ4v) is 1.53. The highest BCUT2D eigenvalue weighted by atomic mass is 14.8. The van der Waals surface area contributed by atoms with E-state index in [1.54, 1.807) is 6.20 Å². The number of hydrogen-bond acceptors (Lipinski definition) is 3. The molecule has 3 nitrogen and oxygen atoms in total.